The van der Waals surface area contributed by atoms with Gasteiger partial charge >= 0.3 is 5.97 Å². The van der Waals surface area contributed by atoms with Gasteiger partial charge in [-0.15, -0.1) is 0 Å². The van der Waals surface area contributed by atoms with Crippen LogP contribution in [0, 0.1) is 5.92 Å². The third kappa shape index (κ3) is 3.12. The predicted molar refractivity (Wildman–Crippen MR) is 63.3 cm³/mol. The molecule has 16 heavy (non-hydrogen) atoms. The number of hydrogen-bond acceptors (Lipinski definition) is 4. The van der Waals surface area contributed by atoms with Gasteiger partial charge in [0.15, 0.2) is 0 Å². The number of hydrogen-bond donors (Lipinski definition) is 2. The molecule has 6 heteroatoms. The van der Waals surface area contributed by atoms with E-state index in [1.54, 1.807) is 18.7 Å². The average Bonchev–Trinajstić information content (AvgIpc) is 2.28. The number of nitrogens with zero attached hydrogens (tertiary/aromatic N) is 1. The Bertz CT molecular complexity index is 273. The lowest BCUT2D eigenvalue weighted by atomic mass is 10.1. The van der Waals surface area contributed by atoms with E-state index < -0.39 is 12.0 Å². The summed E-state index contributed by atoms with van der Waals surface area (Å²) in [4.78, 5) is 24.5. The molecule has 0 radical (unpaired) electrons. The quantitative estimate of drug-likeness (QED) is 0.729. The zero-order chi connectivity index (χ0) is 12.1. The molecule has 0 aromatic carbocycles. The molecule has 0 aromatic rings. The Morgan fingerprint density at radius 1 is 1.62 bits per heavy atom. The lowest BCUT2D eigenvalue weighted by Crippen LogP contribution is -2.52. The monoisotopic (exact) mass is 246 g/mol. The molecule has 3 N–H and O–H groups in total. The number of carboxylic acids is 1. The number of rotatable bonds is 4. The molecular weight excluding hydrogens is 228 g/mol. The van der Waals surface area contributed by atoms with Crippen LogP contribution in [0.15, 0.2) is 0 Å². The standard InChI is InChI=1S/C10H18N2O3S/c1-7(2-3-11)9(13)12-4-5-16-6-8(12)10(14)15/h7-8H,2-6,11H2,1H3,(H,14,15). The number of nitrogens with two attached hydrogens (primary N) is 1. The summed E-state index contributed by atoms with van der Waals surface area (Å²) in [6.45, 7) is 2.78. The fourth-order valence-electron chi connectivity index (χ4n) is 1.73. The molecule has 0 aromatic heterocycles. The molecule has 1 aliphatic rings. The van der Waals surface area contributed by atoms with Crippen LogP contribution in [0.4, 0.5) is 0 Å². The van der Waals surface area contributed by atoms with Crippen LogP contribution in [0.2, 0.25) is 0 Å². The summed E-state index contributed by atoms with van der Waals surface area (Å²) in [6.07, 6.45) is 0.606. The van der Waals surface area contributed by atoms with Crippen LogP contribution in [0.25, 0.3) is 0 Å². The highest BCUT2D eigenvalue weighted by atomic mass is 32.2. The second kappa shape index (κ2) is 6.10. The van der Waals surface area contributed by atoms with E-state index >= 15 is 0 Å². The van der Waals surface area contributed by atoms with Gasteiger partial charge in [0.25, 0.3) is 0 Å². The second-order valence-electron chi connectivity index (χ2n) is 3.94. The summed E-state index contributed by atoms with van der Waals surface area (Å²) in [6, 6.07) is -0.675. The van der Waals surface area contributed by atoms with Gasteiger partial charge in [-0.05, 0) is 13.0 Å². The van der Waals surface area contributed by atoms with E-state index in [1.165, 1.54) is 4.90 Å². The van der Waals surface area contributed by atoms with Crippen LogP contribution in [0.1, 0.15) is 13.3 Å². The van der Waals surface area contributed by atoms with Crippen molar-refractivity contribution in [2.24, 2.45) is 11.7 Å². The summed E-state index contributed by atoms with van der Waals surface area (Å²) >= 11 is 1.58. The van der Waals surface area contributed by atoms with Gasteiger partial charge in [-0.1, -0.05) is 6.92 Å². The predicted octanol–water partition coefficient (Wildman–Crippen LogP) is -0.0001000. The highest BCUT2D eigenvalue weighted by Gasteiger charge is 2.33. The number of amides is 1. The first kappa shape index (κ1) is 13.3. The largest absolute Gasteiger partial charge is 0.480 e. The van der Waals surface area contributed by atoms with Gasteiger partial charge in [0.05, 0.1) is 0 Å². The smallest absolute Gasteiger partial charge is 0.327 e. The lowest BCUT2D eigenvalue weighted by molar-refractivity contribution is -0.150. The van der Waals surface area contributed by atoms with Crippen LogP contribution in [-0.4, -0.2) is 52.5 Å². The van der Waals surface area contributed by atoms with Gasteiger partial charge in [-0.3, -0.25) is 4.79 Å². The third-order valence-corrected chi connectivity index (χ3v) is 3.74. The number of carbonyl (C=O) groups excluding carboxylic acids is 1. The van der Waals surface area contributed by atoms with E-state index in [2.05, 4.69) is 0 Å². The van der Waals surface area contributed by atoms with Gasteiger partial charge in [0.2, 0.25) is 5.91 Å². The van der Waals surface area contributed by atoms with E-state index in [0.717, 1.165) is 5.75 Å². The van der Waals surface area contributed by atoms with Crippen molar-refractivity contribution in [3.05, 3.63) is 0 Å². The van der Waals surface area contributed by atoms with Crippen LogP contribution < -0.4 is 5.73 Å². The zero-order valence-corrected chi connectivity index (χ0v) is 10.2. The molecule has 1 amide bonds. The van der Waals surface area contributed by atoms with E-state index in [-0.39, 0.29) is 11.8 Å². The number of carbonyl (C=O) groups is 2. The van der Waals surface area contributed by atoms with E-state index in [4.69, 9.17) is 10.8 Å². The molecule has 0 aliphatic carbocycles. The van der Waals surface area contributed by atoms with Gasteiger partial charge in [-0.25, -0.2) is 4.79 Å². The topological polar surface area (TPSA) is 83.6 Å². The molecule has 1 fully saturated rings. The molecule has 1 heterocycles. The van der Waals surface area contributed by atoms with Gasteiger partial charge in [-0.2, -0.15) is 11.8 Å². The van der Waals surface area contributed by atoms with Crippen molar-refractivity contribution in [1.82, 2.24) is 4.90 Å². The van der Waals surface area contributed by atoms with Crippen molar-refractivity contribution >= 4 is 23.6 Å². The zero-order valence-electron chi connectivity index (χ0n) is 9.39. The maximum atomic E-state index is 12.0. The summed E-state index contributed by atoms with van der Waals surface area (Å²) in [5.74, 6) is 0.106. The van der Waals surface area contributed by atoms with Crippen molar-refractivity contribution in [2.75, 3.05) is 24.6 Å². The summed E-state index contributed by atoms with van der Waals surface area (Å²) < 4.78 is 0. The number of thioether (sulfide) groups is 1. The molecule has 2 atom stereocenters. The van der Waals surface area contributed by atoms with E-state index in [0.29, 0.717) is 25.3 Å². The van der Waals surface area contributed by atoms with E-state index in [1.807, 2.05) is 0 Å². The average molecular weight is 246 g/mol. The minimum atomic E-state index is -0.916. The Hall–Kier alpha value is -0.750. The Labute approximate surface area is 99.4 Å². The molecule has 1 aliphatic heterocycles. The molecule has 5 nitrogen and oxygen atoms in total. The molecular formula is C10H18N2O3S. The Kier molecular flexibility index (Phi) is 5.08. The summed E-state index contributed by atoms with van der Waals surface area (Å²) in [5.41, 5.74) is 5.40. The minimum Gasteiger partial charge on any atom is -0.480 e. The highest BCUT2D eigenvalue weighted by Crippen LogP contribution is 2.19. The van der Waals surface area contributed by atoms with Crippen molar-refractivity contribution in [3.8, 4) is 0 Å². The van der Waals surface area contributed by atoms with Crippen LogP contribution in [-0.2, 0) is 9.59 Å². The normalized spacial score (nSPS) is 22.9. The summed E-state index contributed by atoms with van der Waals surface area (Å²) in [5, 5.41) is 9.04. The van der Waals surface area contributed by atoms with Crippen molar-refractivity contribution in [3.63, 3.8) is 0 Å². The number of carboxylic acid groups (broad SMARTS) is 1. The van der Waals surface area contributed by atoms with Crippen molar-refractivity contribution < 1.29 is 14.7 Å². The maximum Gasteiger partial charge on any atom is 0.327 e. The molecule has 0 saturated carbocycles. The van der Waals surface area contributed by atoms with Crippen LogP contribution in [0.3, 0.4) is 0 Å². The van der Waals surface area contributed by atoms with Crippen LogP contribution >= 0.6 is 11.8 Å². The fraction of sp³-hybridized carbons (Fsp3) is 0.800. The first-order valence-electron chi connectivity index (χ1n) is 5.39. The second-order valence-corrected chi connectivity index (χ2v) is 5.09. The molecule has 1 saturated heterocycles. The van der Waals surface area contributed by atoms with E-state index in [9.17, 15) is 9.59 Å². The molecule has 2 unspecified atom stereocenters. The Morgan fingerprint density at radius 3 is 2.88 bits per heavy atom. The lowest BCUT2D eigenvalue weighted by Gasteiger charge is -2.34. The minimum absolute atomic E-state index is 0.0850. The highest BCUT2D eigenvalue weighted by molar-refractivity contribution is 7.99. The fourth-order valence-corrected chi connectivity index (χ4v) is 2.77. The Morgan fingerprint density at radius 2 is 2.31 bits per heavy atom. The van der Waals surface area contributed by atoms with Gasteiger partial charge in [0, 0.05) is 24.0 Å². The van der Waals surface area contributed by atoms with Crippen molar-refractivity contribution in [1.29, 1.82) is 0 Å². The van der Waals surface area contributed by atoms with Crippen molar-refractivity contribution in [2.45, 2.75) is 19.4 Å². The molecule has 92 valence electrons. The number of aliphatic carboxylic acids is 1. The Balaban J connectivity index is 2.67. The van der Waals surface area contributed by atoms with Gasteiger partial charge < -0.3 is 15.7 Å². The first-order valence-corrected chi connectivity index (χ1v) is 6.54. The third-order valence-electron chi connectivity index (χ3n) is 2.72. The first-order chi connectivity index (χ1) is 7.57. The SMILES string of the molecule is CC(CCN)C(=O)N1CCSCC1C(=O)O. The van der Waals surface area contributed by atoms with Gasteiger partial charge in [0.1, 0.15) is 6.04 Å². The molecule has 0 spiro atoms. The summed E-state index contributed by atoms with van der Waals surface area (Å²) in [7, 11) is 0. The maximum absolute atomic E-state index is 12.0. The van der Waals surface area contributed by atoms with Crippen LogP contribution in [0.5, 0.6) is 0 Å². The molecule has 0 bridgehead atoms. The molecule has 1 rings (SSSR count).